The van der Waals surface area contributed by atoms with Gasteiger partial charge in [0.1, 0.15) is 12.0 Å². The molecule has 0 atom stereocenters. The molecule has 0 spiro atoms. The number of carbonyl (C=O) groups excluding carboxylic acids is 1. The van der Waals surface area contributed by atoms with E-state index in [4.69, 9.17) is 0 Å². The van der Waals surface area contributed by atoms with Crippen LogP contribution in [0, 0.1) is 0 Å². The lowest BCUT2D eigenvalue weighted by molar-refractivity contribution is 0.102. The summed E-state index contributed by atoms with van der Waals surface area (Å²) in [6.07, 6.45) is 3.78. The lowest BCUT2D eigenvalue weighted by atomic mass is 10.2. The van der Waals surface area contributed by atoms with Crippen LogP contribution in [-0.4, -0.2) is 30.0 Å². The van der Waals surface area contributed by atoms with Crippen LogP contribution in [0.5, 0.6) is 0 Å². The van der Waals surface area contributed by atoms with Crippen molar-refractivity contribution in [3.8, 4) is 0 Å². The van der Waals surface area contributed by atoms with Gasteiger partial charge >= 0.3 is 0 Å². The number of hydrogen-bond acceptors (Lipinski definition) is 4. The van der Waals surface area contributed by atoms with Crippen LogP contribution in [0.4, 0.5) is 11.4 Å². The Bertz CT molecular complexity index is 648. The Hall–Kier alpha value is -2.43. The molecule has 1 aliphatic rings. The lowest BCUT2D eigenvalue weighted by Gasteiger charge is -2.13. The largest absolute Gasteiger partial charge is 0.378 e. The molecule has 1 heterocycles. The van der Waals surface area contributed by atoms with Gasteiger partial charge in [0, 0.05) is 37.1 Å². The number of carbonyl (C=O) groups is 1. The molecule has 21 heavy (non-hydrogen) atoms. The van der Waals surface area contributed by atoms with Crippen molar-refractivity contribution in [3.05, 3.63) is 48.0 Å². The smallest absolute Gasteiger partial charge is 0.274 e. The fraction of sp³-hybridized carbons (Fsp3) is 0.312. The normalized spacial score (nSPS) is 13.8. The van der Waals surface area contributed by atoms with Crippen LogP contribution in [-0.2, 0) is 0 Å². The molecule has 0 radical (unpaired) electrons. The molecule has 108 valence electrons. The van der Waals surface area contributed by atoms with Gasteiger partial charge in [-0.3, -0.25) is 4.79 Å². The molecule has 1 aromatic carbocycles. The molecule has 1 N–H and O–H groups in total. The minimum atomic E-state index is -0.197. The summed E-state index contributed by atoms with van der Waals surface area (Å²) in [5, 5.41) is 2.86. The molecule has 1 saturated carbocycles. The zero-order chi connectivity index (χ0) is 14.8. The molecule has 2 aromatic rings. The number of nitrogens with zero attached hydrogens (tertiary/aromatic N) is 3. The maximum atomic E-state index is 12.2. The van der Waals surface area contributed by atoms with E-state index in [-0.39, 0.29) is 5.91 Å². The number of amides is 1. The average molecular weight is 282 g/mol. The van der Waals surface area contributed by atoms with Crippen LogP contribution >= 0.6 is 0 Å². The molecule has 5 heteroatoms. The second kappa shape index (κ2) is 5.52. The minimum Gasteiger partial charge on any atom is -0.378 e. The van der Waals surface area contributed by atoms with E-state index in [1.54, 1.807) is 6.07 Å². The van der Waals surface area contributed by atoms with Gasteiger partial charge in [0.25, 0.3) is 5.91 Å². The summed E-state index contributed by atoms with van der Waals surface area (Å²) in [6.45, 7) is 0. The van der Waals surface area contributed by atoms with Crippen molar-refractivity contribution in [2.45, 2.75) is 18.8 Å². The van der Waals surface area contributed by atoms with Gasteiger partial charge in [-0.1, -0.05) is 0 Å². The third kappa shape index (κ3) is 3.18. The Kier molecular flexibility index (Phi) is 3.56. The molecule has 5 nitrogen and oxygen atoms in total. The highest BCUT2D eigenvalue weighted by Gasteiger charge is 2.25. The highest BCUT2D eigenvalue weighted by Crippen LogP contribution is 2.38. The van der Waals surface area contributed by atoms with Crippen LogP contribution < -0.4 is 10.2 Å². The van der Waals surface area contributed by atoms with Crippen molar-refractivity contribution >= 4 is 17.3 Å². The molecule has 3 rings (SSSR count). The van der Waals surface area contributed by atoms with Crippen LogP contribution in [0.15, 0.2) is 36.7 Å². The molecular formula is C16H18N4O. The number of rotatable bonds is 4. The van der Waals surface area contributed by atoms with Gasteiger partial charge < -0.3 is 10.2 Å². The molecule has 1 aliphatic carbocycles. The Morgan fingerprint density at radius 1 is 1.19 bits per heavy atom. The minimum absolute atomic E-state index is 0.197. The highest BCUT2D eigenvalue weighted by molar-refractivity contribution is 6.02. The zero-order valence-electron chi connectivity index (χ0n) is 12.2. The summed E-state index contributed by atoms with van der Waals surface area (Å²) in [5.74, 6) is 0.316. The standard InChI is InChI=1S/C16H18N4O/c1-20(2)13-7-5-12(6-8-13)19-16(21)15-9-14(11-3-4-11)17-10-18-15/h5-11H,3-4H2,1-2H3,(H,19,21). The predicted molar refractivity (Wildman–Crippen MR) is 82.7 cm³/mol. The Morgan fingerprint density at radius 2 is 1.90 bits per heavy atom. The third-order valence-corrected chi connectivity index (χ3v) is 3.56. The Balaban J connectivity index is 1.72. The summed E-state index contributed by atoms with van der Waals surface area (Å²) in [5.41, 5.74) is 3.24. The second-order valence-electron chi connectivity index (χ2n) is 5.50. The summed E-state index contributed by atoms with van der Waals surface area (Å²) in [6, 6.07) is 9.49. The van der Waals surface area contributed by atoms with E-state index in [1.807, 2.05) is 43.3 Å². The number of benzene rings is 1. The van der Waals surface area contributed by atoms with Crippen molar-refractivity contribution in [2.24, 2.45) is 0 Å². The summed E-state index contributed by atoms with van der Waals surface area (Å²) < 4.78 is 0. The molecule has 1 amide bonds. The quantitative estimate of drug-likeness (QED) is 0.936. The van der Waals surface area contributed by atoms with E-state index >= 15 is 0 Å². The fourth-order valence-corrected chi connectivity index (χ4v) is 2.14. The number of nitrogens with one attached hydrogen (secondary N) is 1. The van der Waals surface area contributed by atoms with Crippen LogP contribution in [0.3, 0.4) is 0 Å². The van der Waals surface area contributed by atoms with Gasteiger partial charge in [-0.15, -0.1) is 0 Å². The number of aromatic nitrogens is 2. The highest BCUT2D eigenvalue weighted by atomic mass is 16.1. The second-order valence-corrected chi connectivity index (χ2v) is 5.50. The summed E-state index contributed by atoms with van der Waals surface area (Å²) in [7, 11) is 3.96. The van der Waals surface area contributed by atoms with E-state index in [1.165, 1.54) is 6.33 Å². The first kappa shape index (κ1) is 13.5. The zero-order valence-corrected chi connectivity index (χ0v) is 12.2. The molecule has 1 aromatic heterocycles. The topological polar surface area (TPSA) is 58.1 Å². The van der Waals surface area contributed by atoms with Gasteiger partial charge in [0.15, 0.2) is 0 Å². The Labute approximate surface area is 124 Å². The van der Waals surface area contributed by atoms with Gasteiger partial charge in [0.2, 0.25) is 0 Å². The maximum Gasteiger partial charge on any atom is 0.274 e. The third-order valence-electron chi connectivity index (χ3n) is 3.56. The van der Waals surface area contributed by atoms with E-state index in [9.17, 15) is 4.79 Å². The van der Waals surface area contributed by atoms with Crippen molar-refractivity contribution in [3.63, 3.8) is 0 Å². The predicted octanol–water partition coefficient (Wildman–Crippen LogP) is 2.67. The van der Waals surface area contributed by atoms with Crippen molar-refractivity contribution in [2.75, 3.05) is 24.3 Å². The SMILES string of the molecule is CN(C)c1ccc(NC(=O)c2cc(C3CC3)ncn2)cc1. The fourth-order valence-electron chi connectivity index (χ4n) is 2.14. The van der Waals surface area contributed by atoms with E-state index in [0.717, 1.165) is 29.9 Å². The summed E-state index contributed by atoms with van der Waals surface area (Å²) in [4.78, 5) is 22.5. The van der Waals surface area contributed by atoms with Crippen molar-refractivity contribution < 1.29 is 4.79 Å². The number of anilines is 2. The molecule has 0 unspecified atom stereocenters. The first-order valence-electron chi connectivity index (χ1n) is 7.04. The first-order chi connectivity index (χ1) is 10.1. The monoisotopic (exact) mass is 282 g/mol. The molecule has 0 saturated heterocycles. The Morgan fingerprint density at radius 3 is 2.52 bits per heavy atom. The van der Waals surface area contributed by atoms with Crippen molar-refractivity contribution in [1.82, 2.24) is 9.97 Å². The van der Waals surface area contributed by atoms with Crippen molar-refractivity contribution in [1.29, 1.82) is 0 Å². The van der Waals surface area contributed by atoms with Gasteiger partial charge in [0.05, 0.1) is 0 Å². The first-order valence-corrected chi connectivity index (χ1v) is 7.04. The molecular weight excluding hydrogens is 264 g/mol. The van der Waals surface area contributed by atoms with E-state index in [0.29, 0.717) is 11.6 Å². The number of hydrogen-bond donors (Lipinski definition) is 1. The average Bonchev–Trinajstić information content (AvgIpc) is 3.32. The summed E-state index contributed by atoms with van der Waals surface area (Å²) >= 11 is 0. The van der Waals surface area contributed by atoms with Crippen LogP contribution in [0.25, 0.3) is 0 Å². The van der Waals surface area contributed by atoms with Gasteiger partial charge in [-0.25, -0.2) is 9.97 Å². The molecule has 1 fully saturated rings. The van der Waals surface area contributed by atoms with Gasteiger partial charge in [-0.2, -0.15) is 0 Å². The lowest BCUT2D eigenvalue weighted by Crippen LogP contribution is -2.14. The van der Waals surface area contributed by atoms with E-state index < -0.39 is 0 Å². The molecule has 0 aliphatic heterocycles. The van der Waals surface area contributed by atoms with Crippen LogP contribution in [0.2, 0.25) is 0 Å². The van der Waals surface area contributed by atoms with Crippen LogP contribution in [0.1, 0.15) is 34.9 Å². The maximum absolute atomic E-state index is 12.2. The van der Waals surface area contributed by atoms with Gasteiger partial charge in [-0.05, 0) is 43.2 Å². The van der Waals surface area contributed by atoms with E-state index in [2.05, 4.69) is 15.3 Å². The molecule has 0 bridgehead atoms.